The Morgan fingerprint density at radius 3 is 2.62 bits per heavy atom. The Kier molecular flexibility index (Phi) is 5.39. The molecule has 0 aliphatic rings. The lowest BCUT2D eigenvalue weighted by Gasteiger charge is -2.12. The Morgan fingerprint density at radius 2 is 1.90 bits per heavy atom. The lowest BCUT2D eigenvalue weighted by atomic mass is 10.1. The minimum Gasteiger partial charge on any atom is -0.345 e. The number of nitrogens with zero attached hydrogens (tertiary/aromatic N) is 5. The maximum Gasteiger partial charge on any atom is 0.253 e. The molecule has 2 aromatic heterocycles. The maximum absolute atomic E-state index is 13.3. The Labute approximate surface area is 170 Å². The molecule has 2 aromatic carbocycles. The molecule has 0 spiro atoms. The molecule has 146 valence electrons. The van der Waals surface area contributed by atoms with E-state index in [4.69, 9.17) is 0 Å². The van der Waals surface area contributed by atoms with Gasteiger partial charge in [-0.25, -0.2) is 9.07 Å². The van der Waals surface area contributed by atoms with Gasteiger partial charge in [-0.05, 0) is 48.7 Å². The van der Waals surface area contributed by atoms with Gasteiger partial charge in [0.1, 0.15) is 5.82 Å². The number of amides is 1. The first kappa shape index (κ1) is 18.9. The molecular formula is C20H17FN6OS. The van der Waals surface area contributed by atoms with E-state index in [2.05, 4.69) is 20.6 Å². The fourth-order valence-electron chi connectivity index (χ4n) is 2.93. The normalized spacial score (nSPS) is 10.8. The molecule has 0 saturated heterocycles. The predicted octanol–water partition coefficient (Wildman–Crippen LogP) is 3.24. The molecule has 7 nitrogen and oxygen atoms in total. The van der Waals surface area contributed by atoms with E-state index < -0.39 is 0 Å². The third-order valence-corrected chi connectivity index (χ3v) is 4.90. The van der Waals surface area contributed by atoms with Crippen LogP contribution in [0, 0.1) is 5.82 Å². The monoisotopic (exact) mass is 408 g/mol. The summed E-state index contributed by atoms with van der Waals surface area (Å²) in [6.45, 7) is 0.164. The lowest BCUT2D eigenvalue weighted by Crippen LogP contribution is -2.26. The van der Waals surface area contributed by atoms with Gasteiger partial charge in [0.2, 0.25) is 0 Å². The average molecular weight is 408 g/mol. The minimum absolute atomic E-state index is 0.164. The number of para-hydroxylation sites is 1. The molecule has 0 radical (unpaired) electrons. The van der Waals surface area contributed by atoms with Gasteiger partial charge in [0, 0.05) is 18.1 Å². The number of nitrogens with one attached hydrogen (secondary N) is 1. The highest BCUT2D eigenvalue weighted by Gasteiger charge is 2.17. The predicted molar refractivity (Wildman–Crippen MR) is 108 cm³/mol. The topological polar surface area (TPSA) is 77.6 Å². The molecule has 0 unspecified atom stereocenters. The SMILES string of the molecule is CSc1nnc(CNC(=O)c2ccccc2-n2cccn2)n1-c1ccc(F)cc1. The van der Waals surface area contributed by atoms with Gasteiger partial charge in [0.25, 0.3) is 5.91 Å². The molecular weight excluding hydrogens is 391 g/mol. The third-order valence-electron chi connectivity index (χ3n) is 4.27. The number of aromatic nitrogens is 5. The van der Waals surface area contributed by atoms with Crippen molar-refractivity contribution in [3.05, 3.63) is 84.2 Å². The molecule has 0 aliphatic carbocycles. The zero-order chi connectivity index (χ0) is 20.2. The van der Waals surface area contributed by atoms with Crippen LogP contribution in [0.4, 0.5) is 4.39 Å². The number of benzene rings is 2. The number of carbonyl (C=O) groups is 1. The number of rotatable bonds is 6. The van der Waals surface area contributed by atoms with Crippen LogP contribution in [-0.4, -0.2) is 36.7 Å². The zero-order valence-electron chi connectivity index (χ0n) is 15.5. The van der Waals surface area contributed by atoms with Crippen LogP contribution in [0.25, 0.3) is 11.4 Å². The molecule has 9 heteroatoms. The standard InChI is InChI=1S/C20H17FN6OS/c1-29-20-25-24-18(27(20)15-9-7-14(21)8-10-15)13-22-19(28)16-5-2-3-6-17(16)26-12-4-11-23-26/h2-12H,13H2,1H3,(H,22,28). The van der Waals surface area contributed by atoms with E-state index in [0.29, 0.717) is 22.2 Å². The smallest absolute Gasteiger partial charge is 0.253 e. The first-order chi connectivity index (χ1) is 14.2. The zero-order valence-corrected chi connectivity index (χ0v) is 16.3. The molecule has 0 bridgehead atoms. The molecule has 0 aliphatic heterocycles. The third kappa shape index (κ3) is 3.90. The van der Waals surface area contributed by atoms with E-state index in [1.165, 1.54) is 23.9 Å². The fraction of sp³-hybridized carbons (Fsp3) is 0.100. The van der Waals surface area contributed by atoms with Crippen LogP contribution in [0.5, 0.6) is 0 Å². The summed E-state index contributed by atoms with van der Waals surface area (Å²) in [5.74, 6) is -0.0288. The largest absolute Gasteiger partial charge is 0.345 e. The quantitative estimate of drug-likeness (QED) is 0.496. The Hall–Kier alpha value is -3.46. The van der Waals surface area contributed by atoms with E-state index in [1.54, 1.807) is 52.0 Å². The van der Waals surface area contributed by atoms with Crippen LogP contribution < -0.4 is 5.32 Å². The Balaban J connectivity index is 1.59. The first-order valence-corrected chi connectivity index (χ1v) is 10.0. The molecule has 0 atom stereocenters. The van der Waals surface area contributed by atoms with Gasteiger partial charge in [0.05, 0.1) is 17.8 Å². The van der Waals surface area contributed by atoms with Crippen molar-refractivity contribution >= 4 is 17.7 Å². The highest BCUT2D eigenvalue weighted by molar-refractivity contribution is 7.98. The van der Waals surface area contributed by atoms with Crippen LogP contribution >= 0.6 is 11.8 Å². The molecule has 1 N–H and O–H groups in total. The van der Waals surface area contributed by atoms with Crippen LogP contribution in [0.1, 0.15) is 16.2 Å². The van der Waals surface area contributed by atoms with Gasteiger partial charge in [-0.15, -0.1) is 10.2 Å². The van der Waals surface area contributed by atoms with Crippen molar-refractivity contribution in [3.63, 3.8) is 0 Å². The summed E-state index contributed by atoms with van der Waals surface area (Å²) in [7, 11) is 0. The summed E-state index contributed by atoms with van der Waals surface area (Å²) in [6.07, 6.45) is 5.32. The highest BCUT2D eigenvalue weighted by Crippen LogP contribution is 2.21. The Bertz CT molecular complexity index is 1120. The molecule has 2 heterocycles. The van der Waals surface area contributed by atoms with Gasteiger partial charge in [0.15, 0.2) is 11.0 Å². The molecule has 1 amide bonds. The van der Waals surface area contributed by atoms with Crippen LogP contribution in [0.15, 0.2) is 72.1 Å². The van der Waals surface area contributed by atoms with Crippen molar-refractivity contribution in [1.82, 2.24) is 29.9 Å². The van der Waals surface area contributed by atoms with E-state index in [1.807, 2.05) is 18.4 Å². The van der Waals surface area contributed by atoms with E-state index in [0.717, 1.165) is 5.69 Å². The van der Waals surface area contributed by atoms with Crippen molar-refractivity contribution < 1.29 is 9.18 Å². The van der Waals surface area contributed by atoms with Gasteiger partial charge in [-0.1, -0.05) is 23.9 Å². The van der Waals surface area contributed by atoms with Crippen molar-refractivity contribution in [2.24, 2.45) is 0 Å². The van der Waals surface area contributed by atoms with E-state index >= 15 is 0 Å². The van der Waals surface area contributed by atoms with Gasteiger partial charge < -0.3 is 5.32 Å². The fourth-order valence-corrected chi connectivity index (χ4v) is 3.44. The highest BCUT2D eigenvalue weighted by atomic mass is 32.2. The summed E-state index contributed by atoms with van der Waals surface area (Å²) in [5.41, 5.74) is 1.90. The number of halogens is 1. The van der Waals surface area contributed by atoms with Crippen LogP contribution in [0.2, 0.25) is 0 Å². The van der Waals surface area contributed by atoms with E-state index in [9.17, 15) is 9.18 Å². The lowest BCUT2D eigenvalue weighted by molar-refractivity contribution is 0.0949. The number of hydrogen-bond acceptors (Lipinski definition) is 5. The average Bonchev–Trinajstić information content (AvgIpc) is 3.42. The van der Waals surface area contributed by atoms with E-state index in [-0.39, 0.29) is 18.3 Å². The second kappa shape index (κ2) is 8.27. The summed E-state index contributed by atoms with van der Waals surface area (Å²) in [6, 6.07) is 15.1. The van der Waals surface area contributed by atoms with Crippen LogP contribution in [0.3, 0.4) is 0 Å². The summed E-state index contributed by atoms with van der Waals surface area (Å²) >= 11 is 1.42. The second-order valence-electron chi connectivity index (χ2n) is 6.07. The van der Waals surface area contributed by atoms with Crippen molar-refractivity contribution in [2.75, 3.05) is 6.26 Å². The number of hydrogen-bond donors (Lipinski definition) is 1. The second-order valence-corrected chi connectivity index (χ2v) is 6.84. The summed E-state index contributed by atoms with van der Waals surface area (Å²) in [4.78, 5) is 12.8. The van der Waals surface area contributed by atoms with Gasteiger partial charge in [-0.3, -0.25) is 9.36 Å². The van der Waals surface area contributed by atoms with Crippen molar-refractivity contribution in [3.8, 4) is 11.4 Å². The molecule has 0 fully saturated rings. The summed E-state index contributed by atoms with van der Waals surface area (Å²) in [5, 5.41) is 16.1. The van der Waals surface area contributed by atoms with Crippen molar-refractivity contribution in [2.45, 2.75) is 11.7 Å². The molecule has 4 rings (SSSR count). The molecule has 4 aromatic rings. The van der Waals surface area contributed by atoms with Gasteiger partial charge in [-0.2, -0.15) is 5.10 Å². The maximum atomic E-state index is 13.3. The number of carbonyl (C=O) groups excluding carboxylic acids is 1. The number of thioether (sulfide) groups is 1. The van der Waals surface area contributed by atoms with Crippen molar-refractivity contribution in [1.29, 1.82) is 0 Å². The Morgan fingerprint density at radius 1 is 1.10 bits per heavy atom. The molecule has 29 heavy (non-hydrogen) atoms. The minimum atomic E-state index is -0.322. The van der Waals surface area contributed by atoms with Crippen LogP contribution in [-0.2, 0) is 6.54 Å². The van der Waals surface area contributed by atoms with Gasteiger partial charge >= 0.3 is 0 Å². The molecule has 0 saturated carbocycles. The first-order valence-electron chi connectivity index (χ1n) is 8.79. The summed E-state index contributed by atoms with van der Waals surface area (Å²) < 4.78 is 16.7.